The molecule has 1 aromatic carbocycles. The second kappa shape index (κ2) is 7.35. The average molecular weight is 336 g/mol. The molecule has 8 heteroatoms. The molecule has 3 aromatic rings. The maximum absolute atomic E-state index is 11.9. The van der Waals surface area contributed by atoms with Gasteiger partial charge in [-0.25, -0.2) is 4.79 Å². The van der Waals surface area contributed by atoms with Gasteiger partial charge in [-0.1, -0.05) is 17.7 Å². The Morgan fingerprint density at radius 2 is 1.80 bits per heavy atom. The molecule has 0 saturated carbocycles. The van der Waals surface area contributed by atoms with Crippen molar-refractivity contribution in [2.75, 3.05) is 11.1 Å². The summed E-state index contributed by atoms with van der Waals surface area (Å²) in [4.78, 5) is 28.0. The van der Waals surface area contributed by atoms with E-state index in [2.05, 4.69) is 25.3 Å². The molecule has 0 saturated heterocycles. The number of ether oxygens (including phenoxy) is 1. The lowest BCUT2D eigenvalue weighted by Crippen LogP contribution is -2.11. The number of carbonyl (C=O) groups is 1. The molecule has 0 aliphatic carbocycles. The summed E-state index contributed by atoms with van der Waals surface area (Å²) in [6.45, 7) is 1.89. The number of nitrogens with two attached hydrogens (primary N) is 1. The summed E-state index contributed by atoms with van der Waals surface area (Å²) in [5, 5.41) is 3.04. The van der Waals surface area contributed by atoms with Crippen molar-refractivity contribution >= 4 is 23.6 Å². The molecule has 8 nitrogen and oxygen atoms in total. The van der Waals surface area contributed by atoms with Crippen LogP contribution in [-0.4, -0.2) is 25.9 Å². The molecule has 2 aromatic heterocycles. The van der Waals surface area contributed by atoms with Gasteiger partial charge in [-0.2, -0.15) is 15.0 Å². The molecule has 0 amide bonds. The van der Waals surface area contributed by atoms with Crippen LogP contribution in [0.15, 0.2) is 48.8 Å². The van der Waals surface area contributed by atoms with Gasteiger partial charge in [0.25, 0.3) is 0 Å². The molecular formula is C17H16N6O2. The summed E-state index contributed by atoms with van der Waals surface area (Å²) in [6, 6.07) is 10.9. The van der Waals surface area contributed by atoms with E-state index in [1.54, 1.807) is 12.1 Å². The Morgan fingerprint density at radius 3 is 2.52 bits per heavy atom. The lowest BCUT2D eigenvalue weighted by Gasteiger charge is -2.08. The highest BCUT2D eigenvalue weighted by atomic mass is 16.5. The smallest absolute Gasteiger partial charge is 0.338 e. The monoisotopic (exact) mass is 336 g/mol. The molecule has 3 rings (SSSR count). The van der Waals surface area contributed by atoms with Crippen molar-refractivity contribution in [2.24, 2.45) is 0 Å². The minimum absolute atomic E-state index is 0.0413. The minimum atomic E-state index is -0.491. The normalized spacial score (nSPS) is 10.3. The number of nitrogen functional groups attached to an aromatic ring is 1. The predicted molar refractivity (Wildman–Crippen MR) is 92.1 cm³/mol. The second-order valence-corrected chi connectivity index (χ2v) is 5.24. The number of pyridine rings is 1. The molecule has 0 atom stereocenters. The quantitative estimate of drug-likeness (QED) is 0.682. The highest BCUT2D eigenvalue weighted by Crippen LogP contribution is 2.14. The summed E-state index contributed by atoms with van der Waals surface area (Å²) in [6.07, 6.45) is 3.03. The number of aryl methyl sites for hydroxylation is 1. The van der Waals surface area contributed by atoms with E-state index in [4.69, 9.17) is 10.5 Å². The van der Waals surface area contributed by atoms with E-state index in [1.165, 1.54) is 12.4 Å². The van der Waals surface area contributed by atoms with Crippen LogP contribution in [0.2, 0.25) is 0 Å². The Morgan fingerprint density at radius 1 is 1.08 bits per heavy atom. The molecule has 126 valence electrons. The van der Waals surface area contributed by atoms with Crippen molar-refractivity contribution in [2.45, 2.75) is 13.5 Å². The van der Waals surface area contributed by atoms with E-state index in [0.29, 0.717) is 5.56 Å². The van der Waals surface area contributed by atoms with E-state index >= 15 is 0 Å². The van der Waals surface area contributed by atoms with Crippen molar-refractivity contribution in [3.8, 4) is 0 Å². The van der Waals surface area contributed by atoms with Gasteiger partial charge in [-0.3, -0.25) is 4.98 Å². The molecule has 0 unspecified atom stereocenters. The lowest BCUT2D eigenvalue weighted by molar-refractivity contribution is 0.0462. The standard InChI is InChI=1S/C17H16N6O2/c1-11-2-4-13(5-3-11)20-17-22-14(21-16(18)23-17)10-25-15(24)12-6-8-19-9-7-12/h2-9H,10H2,1H3,(H3,18,20,21,22,23). The minimum Gasteiger partial charge on any atom is -0.454 e. The van der Waals surface area contributed by atoms with E-state index in [1.807, 2.05) is 31.2 Å². The zero-order valence-corrected chi connectivity index (χ0v) is 13.5. The predicted octanol–water partition coefficient (Wildman–Crippen LogP) is 2.26. The van der Waals surface area contributed by atoms with Crippen LogP contribution in [0.4, 0.5) is 17.6 Å². The molecule has 0 aliphatic heterocycles. The van der Waals surface area contributed by atoms with Gasteiger partial charge in [-0.15, -0.1) is 0 Å². The number of nitrogens with one attached hydrogen (secondary N) is 1. The number of hydrogen-bond acceptors (Lipinski definition) is 8. The van der Waals surface area contributed by atoms with E-state index < -0.39 is 5.97 Å². The van der Waals surface area contributed by atoms with Gasteiger partial charge >= 0.3 is 5.97 Å². The van der Waals surface area contributed by atoms with Crippen LogP contribution >= 0.6 is 0 Å². The second-order valence-electron chi connectivity index (χ2n) is 5.24. The largest absolute Gasteiger partial charge is 0.454 e. The molecule has 25 heavy (non-hydrogen) atoms. The van der Waals surface area contributed by atoms with Gasteiger partial charge in [0, 0.05) is 18.1 Å². The molecule has 0 fully saturated rings. The fraction of sp³-hybridized carbons (Fsp3) is 0.118. The van der Waals surface area contributed by atoms with Crippen LogP contribution in [-0.2, 0) is 11.3 Å². The highest BCUT2D eigenvalue weighted by molar-refractivity contribution is 5.89. The summed E-state index contributed by atoms with van der Waals surface area (Å²) < 4.78 is 5.19. The Bertz CT molecular complexity index is 868. The Kier molecular flexibility index (Phi) is 4.79. The van der Waals surface area contributed by atoms with E-state index in [0.717, 1.165) is 11.3 Å². The number of nitrogens with zero attached hydrogens (tertiary/aromatic N) is 4. The van der Waals surface area contributed by atoms with Crippen molar-refractivity contribution in [1.82, 2.24) is 19.9 Å². The van der Waals surface area contributed by atoms with Gasteiger partial charge < -0.3 is 15.8 Å². The van der Waals surface area contributed by atoms with E-state index in [-0.39, 0.29) is 24.3 Å². The zero-order chi connectivity index (χ0) is 17.6. The number of hydrogen-bond donors (Lipinski definition) is 2. The third-order valence-electron chi connectivity index (χ3n) is 3.26. The Balaban J connectivity index is 1.69. The molecule has 0 spiro atoms. The number of rotatable bonds is 5. The molecule has 2 heterocycles. The number of carbonyl (C=O) groups excluding carboxylic acids is 1. The maximum Gasteiger partial charge on any atom is 0.338 e. The van der Waals surface area contributed by atoms with Gasteiger partial charge in [0.2, 0.25) is 11.9 Å². The summed E-state index contributed by atoms with van der Waals surface area (Å²) in [7, 11) is 0. The number of esters is 1. The molecular weight excluding hydrogens is 320 g/mol. The SMILES string of the molecule is Cc1ccc(Nc2nc(N)nc(COC(=O)c3ccncc3)n2)cc1. The summed E-state index contributed by atoms with van der Waals surface area (Å²) in [5.41, 5.74) is 8.06. The van der Waals surface area contributed by atoms with Gasteiger partial charge in [0.15, 0.2) is 12.4 Å². The van der Waals surface area contributed by atoms with Crippen molar-refractivity contribution in [3.05, 3.63) is 65.7 Å². The van der Waals surface area contributed by atoms with Crippen LogP contribution in [0.25, 0.3) is 0 Å². The van der Waals surface area contributed by atoms with Crippen molar-refractivity contribution < 1.29 is 9.53 Å². The van der Waals surface area contributed by atoms with Crippen molar-refractivity contribution in [3.63, 3.8) is 0 Å². The fourth-order valence-corrected chi connectivity index (χ4v) is 2.03. The average Bonchev–Trinajstić information content (AvgIpc) is 2.62. The van der Waals surface area contributed by atoms with E-state index in [9.17, 15) is 4.79 Å². The zero-order valence-electron chi connectivity index (χ0n) is 13.5. The van der Waals surface area contributed by atoms with Gasteiger partial charge in [0.1, 0.15) is 0 Å². The van der Waals surface area contributed by atoms with Gasteiger partial charge in [-0.05, 0) is 31.2 Å². The number of aromatic nitrogens is 4. The Hall–Kier alpha value is -3.55. The first kappa shape index (κ1) is 16.3. The first-order chi connectivity index (χ1) is 12.1. The maximum atomic E-state index is 11.9. The lowest BCUT2D eigenvalue weighted by atomic mass is 10.2. The van der Waals surface area contributed by atoms with Crippen molar-refractivity contribution in [1.29, 1.82) is 0 Å². The molecule has 3 N–H and O–H groups in total. The third-order valence-corrected chi connectivity index (χ3v) is 3.26. The number of benzene rings is 1. The molecule has 0 bridgehead atoms. The first-order valence-corrected chi connectivity index (χ1v) is 7.51. The van der Waals surface area contributed by atoms with Crippen LogP contribution in [0.3, 0.4) is 0 Å². The Labute approximate surface area is 144 Å². The van der Waals surface area contributed by atoms with Gasteiger partial charge in [0.05, 0.1) is 5.56 Å². The van der Waals surface area contributed by atoms with Crippen LogP contribution in [0, 0.1) is 6.92 Å². The number of anilines is 3. The summed E-state index contributed by atoms with van der Waals surface area (Å²) >= 11 is 0. The topological polar surface area (TPSA) is 116 Å². The third kappa shape index (κ3) is 4.47. The highest BCUT2D eigenvalue weighted by Gasteiger charge is 2.10. The first-order valence-electron chi connectivity index (χ1n) is 7.51. The fourth-order valence-electron chi connectivity index (χ4n) is 2.03. The molecule has 0 aliphatic rings. The molecule has 0 radical (unpaired) electrons. The van der Waals surface area contributed by atoms with Crippen LogP contribution in [0.5, 0.6) is 0 Å². The summed E-state index contributed by atoms with van der Waals surface area (Å²) in [5.74, 6) is 0.0878. The van der Waals surface area contributed by atoms with Crippen LogP contribution in [0.1, 0.15) is 21.7 Å². The van der Waals surface area contributed by atoms with Crippen LogP contribution < -0.4 is 11.1 Å².